The minimum Gasteiger partial charge on any atom is -0.326 e. The summed E-state index contributed by atoms with van der Waals surface area (Å²) in [6.45, 7) is 1.83. The molecule has 0 saturated carbocycles. The summed E-state index contributed by atoms with van der Waals surface area (Å²) in [4.78, 5) is 11.9. The first-order valence-corrected chi connectivity index (χ1v) is 8.33. The van der Waals surface area contributed by atoms with Gasteiger partial charge in [0.2, 0.25) is 5.91 Å². The van der Waals surface area contributed by atoms with Crippen molar-refractivity contribution in [2.24, 2.45) is 5.92 Å². The molecule has 4 nitrogen and oxygen atoms in total. The van der Waals surface area contributed by atoms with Gasteiger partial charge in [0, 0.05) is 17.1 Å². The Hall–Kier alpha value is -1.07. The summed E-state index contributed by atoms with van der Waals surface area (Å²) in [5.41, 5.74) is 1.50. The van der Waals surface area contributed by atoms with Crippen LogP contribution in [0.5, 0.6) is 0 Å². The third-order valence-corrected chi connectivity index (χ3v) is 5.59. The van der Waals surface area contributed by atoms with Crippen LogP contribution in [0.25, 0.3) is 0 Å². The molecule has 1 fully saturated rings. The van der Waals surface area contributed by atoms with Crippen molar-refractivity contribution in [2.45, 2.75) is 19.8 Å². The first-order chi connectivity index (χ1) is 8.87. The Morgan fingerprint density at radius 2 is 2.21 bits per heavy atom. The molecular formula is C13H16ClNO3S. The molecule has 0 aromatic heterocycles. The van der Waals surface area contributed by atoms with Gasteiger partial charge in [0.25, 0.3) is 0 Å². The second-order valence-corrected chi connectivity index (χ2v) is 7.57. The van der Waals surface area contributed by atoms with Crippen LogP contribution in [0, 0.1) is 12.8 Å². The van der Waals surface area contributed by atoms with Crippen LogP contribution in [-0.4, -0.2) is 25.8 Å². The van der Waals surface area contributed by atoms with E-state index in [0.29, 0.717) is 17.1 Å². The van der Waals surface area contributed by atoms with Crippen molar-refractivity contribution >= 4 is 33.0 Å². The number of sulfone groups is 1. The van der Waals surface area contributed by atoms with E-state index in [1.807, 2.05) is 6.92 Å². The molecule has 1 aliphatic heterocycles. The zero-order chi connectivity index (χ0) is 14.0. The van der Waals surface area contributed by atoms with Crippen LogP contribution in [0.3, 0.4) is 0 Å². The predicted octanol–water partition coefficient (Wildman–Crippen LogP) is 2.41. The molecule has 6 heteroatoms. The van der Waals surface area contributed by atoms with Gasteiger partial charge < -0.3 is 5.32 Å². The minimum atomic E-state index is -2.93. The van der Waals surface area contributed by atoms with Crippen LogP contribution >= 0.6 is 11.6 Å². The number of halogens is 1. The van der Waals surface area contributed by atoms with Gasteiger partial charge in [-0.1, -0.05) is 17.7 Å². The highest BCUT2D eigenvalue weighted by molar-refractivity contribution is 7.91. The van der Waals surface area contributed by atoms with Crippen molar-refractivity contribution in [2.75, 3.05) is 16.8 Å². The lowest BCUT2D eigenvalue weighted by Gasteiger charge is -2.11. The van der Waals surface area contributed by atoms with Crippen molar-refractivity contribution in [1.82, 2.24) is 0 Å². The molecule has 19 heavy (non-hydrogen) atoms. The smallest absolute Gasteiger partial charge is 0.224 e. The maximum atomic E-state index is 11.9. The normalized spacial score (nSPS) is 21.3. The number of hydrogen-bond donors (Lipinski definition) is 1. The van der Waals surface area contributed by atoms with E-state index in [-0.39, 0.29) is 29.8 Å². The highest BCUT2D eigenvalue weighted by Crippen LogP contribution is 2.25. The van der Waals surface area contributed by atoms with Gasteiger partial charge in [-0.15, -0.1) is 0 Å². The molecule has 0 unspecified atom stereocenters. The van der Waals surface area contributed by atoms with E-state index in [1.54, 1.807) is 18.2 Å². The fraction of sp³-hybridized carbons (Fsp3) is 0.462. The second kappa shape index (κ2) is 5.51. The van der Waals surface area contributed by atoms with Crippen molar-refractivity contribution in [3.63, 3.8) is 0 Å². The number of hydrogen-bond acceptors (Lipinski definition) is 3. The summed E-state index contributed by atoms with van der Waals surface area (Å²) in [7, 11) is -2.93. The zero-order valence-electron chi connectivity index (χ0n) is 10.6. The number of rotatable bonds is 3. The maximum absolute atomic E-state index is 11.9. The van der Waals surface area contributed by atoms with Crippen LogP contribution in [0.2, 0.25) is 5.02 Å². The molecule has 1 saturated heterocycles. The Balaban J connectivity index is 1.97. The van der Waals surface area contributed by atoms with E-state index in [1.165, 1.54) is 0 Å². The molecule has 0 aliphatic carbocycles. The lowest BCUT2D eigenvalue weighted by Crippen LogP contribution is -2.18. The van der Waals surface area contributed by atoms with Crippen LogP contribution < -0.4 is 5.32 Å². The lowest BCUT2D eigenvalue weighted by atomic mass is 10.0. The first-order valence-electron chi connectivity index (χ1n) is 6.13. The van der Waals surface area contributed by atoms with E-state index in [2.05, 4.69) is 5.32 Å². The number of amides is 1. The molecule has 0 bridgehead atoms. The van der Waals surface area contributed by atoms with E-state index >= 15 is 0 Å². The van der Waals surface area contributed by atoms with Crippen LogP contribution in [-0.2, 0) is 14.6 Å². The quantitative estimate of drug-likeness (QED) is 0.932. The third kappa shape index (κ3) is 3.70. The monoisotopic (exact) mass is 301 g/mol. The minimum absolute atomic E-state index is 0.0653. The Morgan fingerprint density at radius 3 is 2.84 bits per heavy atom. The van der Waals surface area contributed by atoms with E-state index < -0.39 is 9.84 Å². The van der Waals surface area contributed by atoms with Gasteiger partial charge in [0.15, 0.2) is 9.84 Å². The molecule has 1 heterocycles. The number of anilines is 1. The highest BCUT2D eigenvalue weighted by atomic mass is 35.5. The van der Waals surface area contributed by atoms with E-state index in [9.17, 15) is 13.2 Å². The predicted molar refractivity (Wildman–Crippen MR) is 76.2 cm³/mol. The summed E-state index contributed by atoms with van der Waals surface area (Å²) in [5, 5.41) is 3.39. The molecule has 1 N–H and O–H groups in total. The van der Waals surface area contributed by atoms with Gasteiger partial charge in [0.1, 0.15) is 0 Å². The summed E-state index contributed by atoms with van der Waals surface area (Å²) in [6.07, 6.45) is 0.815. The number of benzene rings is 1. The lowest BCUT2D eigenvalue weighted by molar-refractivity contribution is -0.116. The molecule has 0 spiro atoms. The maximum Gasteiger partial charge on any atom is 0.224 e. The van der Waals surface area contributed by atoms with Crippen molar-refractivity contribution in [3.05, 3.63) is 28.8 Å². The second-order valence-electron chi connectivity index (χ2n) is 4.93. The molecule has 2 rings (SSSR count). The van der Waals surface area contributed by atoms with Gasteiger partial charge in [-0.05, 0) is 37.0 Å². The number of nitrogens with one attached hydrogen (secondary N) is 1. The number of carbonyl (C=O) groups excluding carboxylic acids is 1. The molecule has 1 atom stereocenters. The standard InChI is InChI=1S/C13H16ClNO3S/c1-9-11(14)3-2-4-12(9)15-13(16)7-10-5-6-19(17,18)8-10/h2-4,10H,5-8H2,1H3,(H,15,16)/t10-/m1/s1. The van der Waals surface area contributed by atoms with Gasteiger partial charge in [0.05, 0.1) is 11.5 Å². The first kappa shape index (κ1) is 14.3. The molecule has 1 aromatic carbocycles. The van der Waals surface area contributed by atoms with Crippen molar-refractivity contribution in [3.8, 4) is 0 Å². The molecule has 104 valence electrons. The summed E-state index contributed by atoms with van der Waals surface area (Å²) >= 11 is 5.97. The molecule has 0 radical (unpaired) electrons. The largest absolute Gasteiger partial charge is 0.326 e. The Labute approximate surface area is 118 Å². The van der Waals surface area contributed by atoms with E-state index in [0.717, 1.165) is 5.56 Å². The summed E-state index contributed by atoms with van der Waals surface area (Å²) < 4.78 is 22.7. The zero-order valence-corrected chi connectivity index (χ0v) is 12.2. The Morgan fingerprint density at radius 1 is 1.47 bits per heavy atom. The van der Waals surface area contributed by atoms with Gasteiger partial charge in [-0.3, -0.25) is 4.79 Å². The summed E-state index contributed by atoms with van der Waals surface area (Å²) in [6, 6.07) is 5.31. The van der Waals surface area contributed by atoms with Gasteiger partial charge in [-0.2, -0.15) is 0 Å². The average molecular weight is 302 g/mol. The molecule has 1 aromatic rings. The average Bonchev–Trinajstić information content (AvgIpc) is 2.64. The van der Waals surface area contributed by atoms with Gasteiger partial charge in [-0.25, -0.2) is 8.42 Å². The van der Waals surface area contributed by atoms with Crippen molar-refractivity contribution < 1.29 is 13.2 Å². The Bertz CT molecular complexity index is 598. The molecule has 1 amide bonds. The van der Waals surface area contributed by atoms with Crippen LogP contribution in [0.15, 0.2) is 18.2 Å². The fourth-order valence-electron chi connectivity index (χ4n) is 2.24. The summed E-state index contributed by atoms with van der Waals surface area (Å²) in [5.74, 6) is 0.0905. The SMILES string of the molecule is Cc1c(Cl)cccc1NC(=O)C[C@H]1CCS(=O)(=O)C1. The highest BCUT2D eigenvalue weighted by Gasteiger charge is 2.29. The Kier molecular flexibility index (Phi) is 4.16. The number of carbonyl (C=O) groups is 1. The van der Waals surface area contributed by atoms with Crippen LogP contribution in [0.1, 0.15) is 18.4 Å². The molecular weight excluding hydrogens is 286 g/mol. The van der Waals surface area contributed by atoms with Crippen LogP contribution in [0.4, 0.5) is 5.69 Å². The molecule has 1 aliphatic rings. The topological polar surface area (TPSA) is 63.2 Å². The van der Waals surface area contributed by atoms with E-state index in [4.69, 9.17) is 11.6 Å². The van der Waals surface area contributed by atoms with Gasteiger partial charge >= 0.3 is 0 Å². The third-order valence-electron chi connectivity index (χ3n) is 3.34. The van der Waals surface area contributed by atoms with Crippen molar-refractivity contribution in [1.29, 1.82) is 0 Å². The fourth-order valence-corrected chi connectivity index (χ4v) is 4.28.